The molecule has 6 nitrogen and oxygen atoms in total. The third-order valence-electron chi connectivity index (χ3n) is 5.35. The summed E-state index contributed by atoms with van der Waals surface area (Å²) in [6.07, 6.45) is 2.27. The van der Waals surface area contributed by atoms with Crippen LogP contribution >= 0.6 is 0 Å². The van der Waals surface area contributed by atoms with Gasteiger partial charge in [0.05, 0.1) is 27.9 Å². The van der Waals surface area contributed by atoms with E-state index in [2.05, 4.69) is 22.2 Å². The van der Waals surface area contributed by atoms with E-state index < -0.39 is 49.9 Å². The molecule has 1 heterocycles. The van der Waals surface area contributed by atoms with E-state index in [4.69, 9.17) is 19.2 Å². The molecule has 0 bridgehead atoms. The second kappa shape index (κ2) is 9.19. The Hall–Kier alpha value is -1.41. The first-order chi connectivity index (χ1) is 13.8. The highest BCUT2D eigenvalue weighted by molar-refractivity contribution is 6.48. The smallest absolute Gasteiger partial charge is 0.402 e. The number of carbonyl (C=O) groups is 1. The lowest BCUT2D eigenvalue weighted by molar-refractivity contribution is -0.123. The van der Waals surface area contributed by atoms with E-state index in [1.165, 1.54) is 5.56 Å². The zero-order valence-electron chi connectivity index (χ0n) is 19.7. The Balaban J connectivity index is 2.02. The van der Waals surface area contributed by atoms with Gasteiger partial charge in [0, 0.05) is 7.04 Å². The van der Waals surface area contributed by atoms with Crippen molar-refractivity contribution >= 4 is 13.0 Å². The van der Waals surface area contributed by atoms with Crippen LogP contribution in [0.25, 0.3) is 0 Å². The molecule has 1 aromatic carbocycles. The van der Waals surface area contributed by atoms with Crippen molar-refractivity contribution in [3.05, 3.63) is 35.9 Å². The standard InChI is InChI=1S/C20H33BN2O4/c1-19(2)20(3,4)27-21(26-19)17(23-18(24)16(22)14-25-5)13-9-12-15-10-7-6-8-11-15/h6-8,10-11,16-17H,9,12-14,22H2,1-5H3,(H,23,24)/t16-,17+/m1/s1/i5D3. The highest BCUT2D eigenvalue weighted by Crippen LogP contribution is 2.38. The summed E-state index contributed by atoms with van der Waals surface area (Å²) < 4.78 is 38.2. The van der Waals surface area contributed by atoms with Crippen molar-refractivity contribution in [2.75, 3.05) is 13.6 Å². The van der Waals surface area contributed by atoms with Crippen LogP contribution in [0.15, 0.2) is 30.3 Å². The number of hydrogen-bond donors (Lipinski definition) is 2. The van der Waals surface area contributed by atoms with E-state index in [-0.39, 0.29) is 0 Å². The van der Waals surface area contributed by atoms with Crippen molar-refractivity contribution in [3.63, 3.8) is 0 Å². The molecule has 1 saturated heterocycles. The van der Waals surface area contributed by atoms with E-state index in [0.29, 0.717) is 6.42 Å². The molecule has 0 unspecified atom stereocenters. The van der Waals surface area contributed by atoms with Crippen LogP contribution in [0.5, 0.6) is 0 Å². The van der Waals surface area contributed by atoms with Gasteiger partial charge in [-0.15, -0.1) is 0 Å². The van der Waals surface area contributed by atoms with Crippen molar-refractivity contribution in [3.8, 4) is 0 Å². The third kappa shape index (κ3) is 5.78. The van der Waals surface area contributed by atoms with E-state index in [1.54, 1.807) is 0 Å². The van der Waals surface area contributed by atoms with Gasteiger partial charge in [-0.1, -0.05) is 30.3 Å². The average Bonchev–Trinajstić information content (AvgIpc) is 2.86. The van der Waals surface area contributed by atoms with Crippen LogP contribution in [0.2, 0.25) is 0 Å². The Morgan fingerprint density at radius 3 is 2.48 bits per heavy atom. The Morgan fingerprint density at radius 1 is 1.26 bits per heavy atom. The Morgan fingerprint density at radius 2 is 1.89 bits per heavy atom. The summed E-state index contributed by atoms with van der Waals surface area (Å²) in [5.41, 5.74) is 5.97. The number of nitrogens with two attached hydrogens (primary N) is 1. The maximum atomic E-state index is 12.6. The molecule has 0 aliphatic carbocycles. The van der Waals surface area contributed by atoms with E-state index >= 15 is 0 Å². The largest absolute Gasteiger partial charge is 0.481 e. The van der Waals surface area contributed by atoms with Gasteiger partial charge in [0.15, 0.2) is 0 Å². The maximum Gasteiger partial charge on any atom is 0.481 e. The van der Waals surface area contributed by atoms with Crippen LogP contribution < -0.4 is 11.1 Å². The molecule has 3 N–H and O–H groups in total. The molecule has 0 spiro atoms. The zero-order chi connectivity index (χ0) is 22.6. The summed E-state index contributed by atoms with van der Waals surface area (Å²) in [6.45, 7) is 7.40. The predicted molar refractivity (Wildman–Crippen MR) is 107 cm³/mol. The van der Waals surface area contributed by atoms with Gasteiger partial charge in [-0.2, -0.15) is 0 Å². The van der Waals surface area contributed by atoms with Gasteiger partial charge in [-0.25, -0.2) is 0 Å². The normalized spacial score (nSPS) is 22.4. The topological polar surface area (TPSA) is 82.8 Å². The van der Waals surface area contributed by atoms with Crippen LogP contribution in [-0.2, 0) is 25.3 Å². The minimum absolute atomic E-state index is 0.400. The van der Waals surface area contributed by atoms with E-state index in [9.17, 15) is 4.79 Å². The lowest BCUT2D eigenvalue weighted by atomic mass is 9.75. The highest BCUT2D eigenvalue weighted by Gasteiger charge is 2.54. The van der Waals surface area contributed by atoms with E-state index in [0.717, 1.165) is 12.8 Å². The number of carbonyl (C=O) groups excluding carboxylic acids is 1. The first-order valence-electron chi connectivity index (χ1n) is 10.9. The summed E-state index contributed by atoms with van der Waals surface area (Å²) in [5, 5.41) is 2.88. The molecule has 0 aromatic heterocycles. The minimum Gasteiger partial charge on any atom is -0.402 e. The molecule has 1 aliphatic heterocycles. The number of amides is 1. The second-order valence-corrected chi connectivity index (χ2v) is 8.04. The van der Waals surface area contributed by atoms with Crippen molar-refractivity contribution in [1.82, 2.24) is 5.32 Å². The molecule has 1 aliphatic rings. The molecule has 2 atom stereocenters. The number of aryl methyl sites for hydroxylation is 1. The average molecular weight is 379 g/mol. The van der Waals surface area contributed by atoms with Gasteiger partial charge in [0.2, 0.25) is 5.91 Å². The third-order valence-corrected chi connectivity index (χ3v) is 5.35. The monoisotopic (exact) mass is 379 g/mol. The molecular weight excluding hydrogens is 343 g/mol. The summed E-state index contributed by atoms with van der Waals surface area (Å²) in [4.78, 5) is 12.6. The fourth-order valence-electron chi connectivity index (χ4n) is 2.96. The number of methoxy groups -OCH3 is 1. The van der Waals surface area contributed by atoms with Crippen LogP contribution in [0.1, 0.15) is 50.2 Å². The number of ether oxygens (including phenoxy) is 1. The van der Waals surface area contributed by atoms with Crippen molar-refractivity contribution < 1.29 is 23.0 Å². The van der Waals surface area contributed by atoms with Crippen molar-refractivity contribution in [1.29, 1.82) is 0 Å². The van der Waals surface area contributed by atoms with Crippen molar-refractivity contribution in [2.45, 2.75) is 70.1 Å². The zero-order valence-corrected chi connectivity index (χ0v) is 16.7. The van der Waals surface area contributed by atoms with Crippen LogP contribution in [0.3, 0.4) is 0 Å². The quantitative estimate of drug-likeness (QED) is 0.642. The van der Waals surface area contributed by atoms with Gasteiger partial charge in [0.1, 0.15) is 6.04 Å². The fourth-order valence-corrected chi connectivity index (χ4v) is 2.96. The fraction of sp³-hybridized carbons (Fsp3) is 0.650. The molecule has 2 rings (SSSR count). The molecule has 1 amide bonds. The minimum atomic E-state index is -2.60. The SMILES string of the molecule is [2H]C([2H])([2H])OC[C@@H](N)C(=O)N[C@@H](CCCc1ccccc1)B1OC(C)(C)C(C)(C)O1. The first-order valence-corrected chi connectivity index (χ1v) is 9.40. The van der Waals surface area contributed by atoms with Gasteiger partial charge in [-0.3, -0.25) is 4.79 Å². The lowest BCUT2D eigenvalue weighted by Crippen LogP contribution is -2.53. The molecule has 150 valence electrons. The Kier molecular flexibility index (Phi) is 6.02. The molecule has 7 heteroatoms. The maximum absolute atomic E-state index is 12.6. The number of rotatable bonds is 9. The van der Waals surface area contributed by atoms with Crippen LogP contribution in [0, 0.1) is 0 Å². The summed E-state index contributed by atoms with van der Waals surface area (Å²) >= 11 is 0. The molecule has 0 saturated carbocycles. The summed E-state index contributed by atoms with van der Waals surface area (Å²) in [6, 6.07) is 8.97. The van der Waals surface area contributed by atoms with Gasteiger partial charge in [-0.05, 0) is 52.5 Å². The van der Waals surface area contributed by atoms with E-state index in [1.807, 2.05) is 45.9 Å². The molecule has 0 radical (unpaired) electrons. The number of nitrogens with one attached hydrogen (secondary N) is 1. The van der Waals surface area contributed by atoms with Crippen LogP contribution in [-0.4, -0.2) is 49.9 Å². The number of hydrogen-bond acceptors (Lipinski definition) is 5. The molecule has 27 heavy (non-hydrogen) atoms. The van der Waals surface area contributed by atoms with Gasteiger partial charge >= 0.3 is 7.12 Å². The Labute approximate surface area is 167 Å². The number of benzene rings is 1. The van der Waals surface area contributed by atoms with Crippen LogP contribution in [0.4, 0.5) is 0 Å². The molecule has 1 fully saturated rings. The summed E-state index contributed by atoms with van der Waals surface area (Å²) in [5.74, 6) is -0.931. The second-order valence-electron chi connectivity index (χ2n) is 8.04. The first kappa shape index (κ1) is 17.7. The highest BCUT2D eigenvalue weighted by atomic mass is 16.7. The predicted octanol–water partition coefficient (Wildman–Crippen LogP) is 2.10. The molecule has 1 aromatic rings. The van der Waals surface area contributed by atoms with Crippen molar-refractivity contribution in [2.24, 2.45) is 5.73 Å². The molecular formula is C20H33BN2O4. The van der Waals surface area contributed by atoms with Gasteiger partial charge < -0.3 is 25.1 Å². The Bertz CT molecular complexity index is 685. The summed E-state index contributed by atoms with van der Waals surface area (Å²) in [7, 11) is -3.23. The lowest BCUT2D eigenvalue weighted by Gasteiger charge is -2.32. The van der Waals surface area contributed by atoms with Gasteiger partial charge in [0.25, 0.3) is 0 Å².